The van der Waals surface area contributed by atoms with E-state index in [4.69, 9.17) is 21.7 Å². The van der Waals surface area contributed by atoms with Gasteiger partial charge in [-0.15, -0.1) is 0 Å². The van der Waals surface area contributed by atoms with E-state index >= 15 is 0 Å². The summed E-state index contributed by atoms with van der Waals surface area (Å²) < 4.78 is 11.5. The molecule has 3 aromatic rings. The van der Waals surface area contributed by atoms with Crippen molar-refractivity contribution >= 4 is 50.6 Å². The van der Waals surface area contributed by atoms with Gasteiger partial charge in [0.2, 0.25) is 0 Å². The monoisotopic (exact) mass is 455 g/mol. The summed E-state index contributed by atoms with van der Waals surface area (Å²) in [5, 5.41) is 0. The van der Waals surface area contributed by atoms with Gasteiger partial charge in [0.05, 0.1) is 30.3 Å². The number of rotatable bonds is 4. The Morgan fingerprint density at radius 1 is 1.03 bits per heavy atom. The molecular weight excluding hydrogens is 434 g/mol. The summed E-state index contributed by atoms with van der Waals surface area (Å²) >= 11 is 5.62. The number of hydrogen-bond donors (Lipinski definition) is 0. The number of carbonyl (C=O) groups is 1. The van der Waals surface area contributed by atoms with Crippen LogP contribution in [0, 0.1) is 3.82 Å². The molecule has 4 rings (SSSR count). The highest BCUT2D eigenvalue weighted by Gasteiger charge is 2.42. The quantitative estimate of drug-likeness (QED) is 0.255. The zero-order valence-corrected chi connectivity index (χ0v) is 19.5. The second kappa shape index (κ2) is 7.98. The molecule has 2 heterocycles. The Morgan fingerprint density at radius 2 is 1.70 bits per heavy atom. The van der Waals surface area contributed by atoms with Gasteiger partial charge in [-0.3, -0.25) is 9.69 Å². The second-order valence-corrected chi connectivity index (χ2v) is 10.2. The van der Waals surface area contributed by atoms with Crippen molar-refractivity contribution in [3.63, 3.8) is 0 Å². The van der Waals surface area contributed by atoms with Gasteiger partial charge in [0.1, 0.15) is 15.3 Å². The number of carbonyl (C=O) groups excluding carboxylic acids is 1. The van der Waals surface area contributed by atoms with Crippen molar-refractivity contribution in [1.82, 2.24) is 0 Å². The van der Waals surface area contributed by atoms with E-state index in [1.807, 2.05) is 53.4 Å². The average molecular weight is 456 g/mol. The summed E-state index contributed by atoms with van der Waals surface area (Å²) in [5.41, 5.74) is 3.24. The Kier molecular flexibility index (Phi) is 5.53. The third kappa shape index (κ3) is 3.47. The van der Waals surface area contributed by atoms with Crippen LogP contribution in [-0.2, 0) is 10.3 Å². The van der Waals surface area contributed by atoms with Crippen molar-refractivity contribution in [1.29, 1.82) is 0 Å². The summed E-state index contributed by atoms with van der Waals surface area (Å²) in [4.78, 5) is 16.4. The van der Waals surface area contributed by atoms with Crippen LogP contribution in [0.2, 0.25) is 0 Å². The molecule has 0 fully saturated rings. The summed E-state index contributed by atoms with van der Waals surface area (Å²) in [5.74, 6) is 1.39. The first-order valence-corrected chi connectivity index (χ1v) is 11.9. The number of ether oxygens (including phenoxy) is 2. The van der Waals surface area contributed by atoms with Crippen molar-refractivity contribution in [2.75, 3.05) is 19.1 Å². The zero-order valence-electron chi connectivity index (χ0n) is 17.1. The molecule has 1 aromatic heterocycles. The zero-order chi connectivity index (χ0) is 21.5. The lowest BCUT2D eigenvalue weighted by Gasteiger charge is -2.42. The third-order valence-electron chi connectivity index (χ3n) is 5.22. The largest absolute Gasteiger partial charge is 0.497 e. The van der Waals surface area contributed by atoms with Crippen molar-refractivity contribution in [3.05, 3.63) is 62.8 Å². The molecule has 0 N–H and O–H groups in total. The smallest absolute Gasteiger partial charge is 0.251 e. The van der Waals surface area contributed by atoms with Crippen molar-refractivity contribution in [3.8, 4) is 22.6 Å². The SMILES string of the molecule is COc1ccc(C=CC(=O)N2c3cc(OC)ccc3-c3c(ssc3=S)C2(C)C)cc1. The lowest BCUT2D eigenvalue weighted by atomic mass is 9.87. The Labute approximate surface area is 188 Å². The van der Waals surface area contributed by atoms with Crippen molar-refractivity contribution in [2.45, 2.75) is 19.4 Å². The molecule has 0 spiro atoms. The first kappa shape index (κ1) is 20.8. The molecule has 0 unspecified atom stereocenters. The van der Waals surface area contributed by atoms with Crippen LogP contribution in [0.15, 0.2) is 48.5 Å². The first-order valence-electron chi connectivity index (χ1n) is 9.35. The van der Waals surface area contributed by atoms with E-state index in [0.29, 0.717) is 5.75 Å². The van der Waals surface area contributed by atoms with Gasteiger partial charge >= 0.3 is 0 Å². The Balaban J connectivity index is 1.79. The van der Waals surface area contributed by atoms with Gasteiger partial charge in [0.15, 0.2) is 0 Å². The minimum absolute atomic E-state index is 0.0970. The van der Waals surface area contributed by atoms with Gasteiger partial charge in [-0.1, -0.05) is 45.0 Å². The number of nitrogens with zero attached hydrogens (tertiary/aromatic N) is 1. The highest BCUT2D eigenvalue weighted by atomic mass is 32.9. The van der Waals surface area contributed by atoms with E-state index in [1.165, 1.54) is 0 Å². The number of fused-ring (bicyclic) bond motifs is 3. The van der Waals surface area contributed by atoms with E-state index in [-0.39, 0.29) is 5.91 Å². The summed E-state index contributed by atoms with van der Waals surface area (Å²) in [6, 6.07) is 13.4. The van der Waals surface area contributed by atoms with E-state index in [0.717, 1.165) is 36.8 Å². The Hall–Kier alpha value is -2.48. The van der Waals surface area contributed by atoms with Gasteiger partial charge < -0.3 is 9.47 Å². The topological polar surface area (TPSA) is 38.8 Å². The molecule has 0 atom stereocenters. The van der Waals surface area contributed by atoms with Gasteiger partial charge in [0.25, 0.3) is 5.91 Å². The van der Waals surface area contributed by atoms with Gasteiger partial charge in [-0.25, -0.2) is 0 Å². The number of benzene rings is 2. The predicted molar refractivity (Wildman–Crippen MR) is 128 cm³/mol. The molecule has 0 aliphatic carbocycles. The fourth-order valence-electron chi connectivity index (χ4n) is 3.68. The minimum Gasteiger partial charge on any atom is -0.497 e. The molecule has 4 nitrogen and oxygen atoms in total. The van der Waals surface area contributed by atoms with E-state index in [9.17, 15) is 4.79 Å². The van der Waals surface area contributed by atoms with Crippen molar-refractivity contribution < 1.29 is 14.3 Å². The summed E-state index contributed by atoms with van der Waals surface area (Å²) in [7, 11) is 6.49. The summed E-state index contributed by atoms with van der Waals surface area (Å²) in [6.45, 7) is 4.12. The van der Waals surface area contributed by atoms with E-state index in [1.54, 1.807) is 41.0 Å². The number of anilines is 1. The van der Waals surface area contributed by atoms with Crippen LogP contribution in [0.3, 0.4) is 0 Å². The molecular formula is C23H21NO3S3. The predicted octanol–water partition coefficient (Wildman–Crippen LogP) is 6.52. The molecule has 7 heteroatoms. The maximum absolute atomic E-state index is 13.4. The van der Waals surface area contributed by atoms with E-state index in [2.05, 4.69) is 13.8 Å². The molecule has 0 radical (unpaired) electrons. The molecule has 0 bridgehead atoms. The average Bonchev–Trinajstić information content (AvgIpc) is 3.14. The van der Waals surface area contributed by atoms with E-state index < -0.39 is 5.54 Å². The molecule has 1 aliphatic heterocycles. The first-order chi connectivity index (χ1) is 14.4. The highest BCUT2D eigenvalue weighted by molar-refractivity contribution is 7.80. The molecule has 1 aliphatic rings. The normalized spacial score (nSPS) is 14.3. The Morgan fingerprint density at radius 3 is 2.37 bits per heavy atom. The van der Waals surface area contributed by atoms with Crippen LogP contribution in [0.5, 0.6) is 11.5 Å². The lowest BCUT2D eigenvalue weighted by molar-refractivity contribution is -0.115. The van der Waals surface area contributed by atoms with Crippen LogP contribution < -0.4 is 14.4 Å². The molecule has 30 heavy (non-hydrogen) atoms. The second-order valence-electron chi connectivity index (χ2n) is 7.38. The standard InChI is InChI=1S/C23H21NO3S3/c1-23(2)21-20(22(28)30-29-21)17-11-10-16(27-4)13-18(17)24(23)19(25)12-7-14-5-8-15(26-3)9-6-14/h5-13H,1-4H3. The molecule has 0 saturated carbocycles. The van der Waals surface area contributed by atoms with Crippen LogP contribution in [0.4, 0.5) is 5.69 Å². The number of amides is 1. The maximum atomic E-state index is 13.4. The Bertz CT molecular complexity index is 1190. The van der Waals surface area contributed by atoms with Crippen molar-refractivity contribution in [2.24, 2.45) is 0 Å². The van der Waals surface area contributed by atoms with Crippen LogP contribution in [0.1, 0.15) is 24.3 Å². The van der Waals surface area contributed by atoms with Gasteiger partial charge in [0, 0.05) is 23.3 Å². The van der Waals surface area contributed by atoms with Crippen LogP contribution >= 0.6 is 32.9 Å². The fraction of sp³-hybridized carbons (Fsp3) is 0.217. The molecule has 1 amide bonds. The van der Waals surface area contributed by atoms with Gasteiger partial charge in [-0.2, -0.15) is 0 Å². The highest BCUT2D eigenvalue weighted by Crippen LogP contribution is 2.52. The fourth-order valence-corrected chi connectivity index (χ4v) is 6.97. The molecule has 154 valence electrons. The third-order valence-corrected chi connectivity index (χ3v) is 8.55. The molecule has 0 saturated heterocycles. The van der Waals surface area contributed by atoms with Crippen LogP contribution in [0.25, 0.3) is 17.2 Å². The lowest BCUT2D eigenvalue weighted by Crippen LogP contribution is -2.47. The summed E-state index contributed by atoms with van der Waals surface area (Å²) in [6.07, 6.45) is 3.44. The number of methoxy groups -OCH3 is 2. The van der Waals surface area contributed by atoms with Crippen LogP contribution in [-0.4, -0.2) is 20.1 Å². The minimum atomic E-state index is -0.533. The molecule has 2 aromatic carbocycles. The van der Waals surface area contributed by atoms with Gasteiger partial charge in [-0.05, 0) is 49.8 Å². The maximum Gasteiger partial charge on any atom is 0.251 e. The number of hydrogen-bond acceptors (Lipinski definition) is 6.